The molecule has 2 heterocycles. The number of carbonyl (C=O) groups is 1. The fraction of sp³-hybridized carbons (Fsp3) is 0.316. The van der Waals surface area contributed by atoms with Crippen molar-refractivity contribution in [2.24, 2.45) is 0 Å². The van der Waals surface area contributed by atoms with E-state index in [1.54, 1.807) is 12.3 Å². The van der Waals surface area contributed by atoms with Crippen molar-refractivity contribution in [1.29, 1.82) is 0 Å². The van der Waals surface area contributed by atoms with Gasteiger partial charge in [0.1, 0.15) is 0 Å². The van der Waals surface area contributed by atoms with Crippen molar-refractivity contribution in [2.75, 3.05) is 25.0 Å². The molecule has 0 bridgehead atoms. The number of likely N-dealkylation sites (tertiary alicyclic amines) is 1. The number of benzene rings is 1. The second kappa shape index (κ2) is 7.25. The van der Waals surface area contributed by atoms with Crippen LogP contribution < -0.4 is 4.90 Å². The summed E-state index contributed by atoms with van der Waals surface area (Å²) in [7, 11) is 2.04. The average molecular weight is 322 g/mol. The molecule has 5 nitrogen and oxygen atoms in total. The maximum atomic E-state index is 12.6. The summed E-state index contributed by atoms with van der Waals surface area (Å²) < 4.78 is 0. The molecule has 1 aromatic carbocycles. The van der Waals surface area contributed by atoms with E-state index < -0.39 is 0 Å². The lowest BCUT2D eigenvalue weighted by Crippen LogP contribution is -2.45. The molecule has 1 amide bonds. The standard InChI is InChI=1S/C19H22N4O/c1-3-15-6-8-16(9-7-15)19(24)23-13-10-17(11-14-23)22(2)18-5-4-12-20-21-18/h3-9,12,17H,1,10-11,13-14H2,2H3. The van der Waals surface area contributed by atoms with Crippen molar-refractivity contribution >= 4 is 17.8 Å². The van der Waals surface area contributed by atoms with E-state index >= 15 is 0 Å². The van der Waals surface area contributed by atoms with Gasteiger partial charge in [-0.15, -0.1) is 5.10 Å². The molecule has 2 aromatic rings. The van der Waals surface area contributed by atoms with Crippen LogP contribution in [0.5, 0.6) is 0 Å². The highest BCUT2D eigenvalue weighted by atomic mass is 16.2. The van der Waals surface area contributed by atoms with Gasteiger partial charge in [0.2, 0.25) is 0 Å². The largest absolute Gasteiger partial charge is 0.355 e. The third kappa shape index (κ3) is 3.45. The van der Waals surface area contributed by atoms with Gasteiger partial charge in [0.25, 0.3) is 5.91 Å². The van der Waals surface area contributed by atoms with Gasteiger partial charge < -0.3 is 9.80 Å². The first-order valence-corrected chi connectivity index (χ1v) is 8.21. The van der Waals surface area contributed by atoms with E-state index in [0.29, 0.717) is 6.04 Å². The highest BCUT2D eigenvalue weighted by Gasteiger charge is 2.26. The van der Waals surface area contributed by atoms with Crippen molar-refractivity contribution in [3.05, 3.63) is 60.3 Å². The summed E-state index contributed by atoms with van der Waals surface area (Å²) in [6.07, 6.45) is 5.32. The molecule has 1 fully saturated rings. The fourth-order valence-electron chi connectivity index (χ4n) is 3.07. The number of aromatic nitrogens is 2. The highest BCUT2D eigenvalue weighted by molar-refractivity contribution is 5.94. The summed E-state index contributed by atoms with van der Waals surface area (Å²) in [5.41, 5.74) is 1.76. The molecule has 0 N–H and O–H groups in total. The Kier molecular flexibility index (Phi) is 4.89. The quantitative estimate of drug-likeness (QED) is 0.868. The first-order valence-electron chi connectivity index (χ1n) is 8.21. The Morgan fingerprint density at radius 1 is 1.25 bits per heavy atom. The van der Waals surface area contributed by atoms with Gasteiger partial charge in [-0.3, -0.25) is 4.79 Å². The van der Waals surface area contributed by atoms with Gasteiger partial charge in [-0.25, -0.2) is 0 Å². The Morgan fingerprint density at radius 3 is 2.54 bits per heavy atom. The molecule has 5 heteroatoms. The molecule has 0 saturated carbocycles. The van der Waals surface area contributed by atoms with Gasteiger partial charge in [-0.1, -0.05) is 24.8 Å². The molecule has 3 rings (SSSR count). The third-order valence-electron chi connectivity index (χ3n) is 4.61. The molecular formula is C19H22N4O. The number of rotatable bonds is 4. The molecule has 1 aliphatic rings. The molecule has 1 aliphatic heterocycles. The Hall–Kier alpha value is -2.69. The molecule has 1 aromatic heterocycles. The summed E-state index contributed by atoms with van der Waals surface area (Å²) in [5, 5.41) is 8.09. The minimum Gasteiger partial charge on any atom is -0.355 e. The monoisotopic (exact) mass is 322 g/mol. The SMILES string of the molecule is C=Cc1ccc(C(=O)N2CCC(N(C)c3cccnn3)CC2)cc1. The predicted octanol–water partition coefficient (Wildman–Crippen LogP) is 2.86. The van der Waals surface area contributed by atoms with Crippen LogP contribution in [0.3, 0.4) is 0 Å². The number of nitrogens with zero attached hydrogens (tertiary/aromatic N) is 4. The van der Waals surface area contributed by atoms with E-state index in [-0.39, 0.29) is 5.91 Å². The summed E-state index contributed by atoms with van der Waals surface area (Å²) in [6, 6.07) is 11.8. The first kappa shape index (κ1) is 16.2. The molecule has 24 heavy (non-hydrogen) atoms. The number of anilines is 1. The normalized spacial score (nSPS) is 15.1. The molecule has 0 radical (unpaired) electrons. The topological polar surface area (TPSA) is 49.3 Å². The number of amides is 1. The van der Waals surface area contributed by atoms with Gasteiger partial charge >= 0.3 is 0 Å². The summed E-state index contributed by atoms with van der Waals surface area (Å²) >= 11 is 0. The number of hydrogen-bond acceptors (Lipinski definition) is 4. The van der Waals surface area contributed by atoms with Gasteiger partial charge in [0.05, 0.1) is 0 Å². The van der Waals surface area contributed by atoms with E-state index in [0.717, 1.165) is 42.9 Å². The number of hydrogen-bond donors (Lipinski definition) is 0. The van der Waals surface area contributed by atoms with E-state index in [9.17, 15) is 4.79 Å². The van der Waals surface area contributed by atoms with Crippen LogP contribution in [0.15, 0.2) is 49.2 Å². The van der Waals surface area contributed by atoms with Crippen LogP contribution in [0, 0.1) is 0 Å². The molecule has 1 saturated heterocycles. The van der Waals surface area contributed by atoms with Crippen LogP contribution >= 0.6 is 0 Å². The van der Waals surface area contributed by atoms with Crippen molar-refractivity contribution < 1.29 is 4.79 Å². The van der Waals surface area contributed by atoms with Crippen LogP contribution in [-0.4, -0.2) is 47.2 Å². The maximum Gasteiger partial charge on any atom is 0.253 e. The first-order chi connectivity index (χ1) is 11.7. The van der Waals surface area contributed by atoms with Gasteiger partial charge in [0.15, 0.2) is 5.82 Å². The summed E-state index contributed by atoms with van der Waals surface area (Å²) in [5.74, 6) is 0.980. The van der Waals surface area contributed by atoms with Crippen LogP contribution in [0.25, 0.3) is 6.08 Å². The van der Waals surface area contributed by atoms with E-state index in [4.69, 9.17) is 0 Å². The van der Waals surface area contributed by atoms with Gasteiger partial charge in [-0.2, -0.15) is 5.10 Å². The van der Waals surface area contributed by atoms with Crippen LogP contribution in [-0.2, 0) is 0 Å². The van der Waals surface area contributed by atoms with Crippen molar-refractivity contribution in [2.45, 2.75) is 18.9 Å². The van der Waals surface area contributed by atoms with E-state index in [1.807, 2.05) is 48.3 Å². The zero-order valence-electron chi connectivity index (χ0n) is 13.9. The lowest BCUT2D eigenvalue weighted by Gasteiger charge is -2.37. The lowest BCUT2D eigenvalue weighted by molar-refractivity contribution is 0.0713. The Bertz CT molecular complexity index is 691. The van der Waals surface area contributed by atoms with Crippen molar-refractivity contribution in [3.8, 4) is 0 Å². The molecule has 0 aliphatic carbocycles. The van der Waals surface area contributed by atoms with E-state index in [2.05, 4.69) is 21.7 Å². The molecule has 124 valence electrons. The highest BCUT2D eigenvalue weighted by Crippen LogP contribution is 2.21. The second-order valence-corrected chi connectivity index (χ2v) is 6.04. The Balaban J connectivity index is 1.60. The molecule has 0 unspecified atom stereocenters. The molecule has 0 atom stereocenters. The Morgan fingerprint density at radius 2 is 1.96 bits per heavy atom. The number of carbonyl (C=O) groups excluding carboxylic acids is 1. The van der Waals surface area contributed by atoms with Crippen molar-refractivity contribution in [3.63, 3.8) is 0 Å². The molecule has 0 spiro atoms. The predicted molar refractivity (Wildman–Crippen MR) is 95.9 cm³/mol. The van der Waals surface area contributed by atoms with Gasteiger partial charge in [-0.05, 0) is 42.7 Å². The summed E-state index contributed by atoms with van der Waals surface area (Å²) in [4.78, 5) is 16.7. The minimum atomic E-state index is 0.103. The van der Waals surface area contributed by atoms with Crippen LogP contribution in [0.4, 0.5) is 5.82 Å². The summed E-state index contributed by atoms with van der Waals surface area (Å²) in [6.45, 7) is 5.26. The smallest absolute Gasteiger partial charge is 0.253 e. The van der Waals surface area contributed by atoms with E-state index in [1.165, 1.54) is 0 Å². The van der Waals surface area contributed by atoms with Gasteiger partial charge in [0, 0.05) is 37.9 Å². The maximum absolute atomic E-state index is 12.6. The lowest BCUT2D eigenvalue weighted by atomic mass is 10.0. The van der Waals surface area contributed by atoms with Crippen LogP contribution in [0.1, 0.15) is 28.8 Å². The van der Waals surface area contributed by atoms with Crippen molar-refractivity contribution in [1.82, 2.24) is 15.1 Å². The zero-order valence-corrected chi connectivity index (χ0v) is 13.9. The second-order valence-electron chi connectivity index (χ2n) is 6.04. The number of piperidine rings is 1. The fourth-order valence-corrected chi connectivity index (χ4v) is 3.07. The van der Waals surface area contributed by atoms with Crippen LogP contribution in [0.2, 0.25) is 0 Å². The average Bonchev–Trinajstić information content (AvgIpc) is 2.68. The minimum absolute atomic E-state index is 0.103. The molecular weight excluding hydrogens is 300 g/mol. The third-order valence-corrected chi connectivity index (χ3v) is 4.61. The zero-order chi connectivity index (χ0) is 16.9. The Labute approximate surface area is 142 Å².